The second-order valence-corrected chi connectivity index (χ2v) is 6.03. The van der Waals surface area contributed by atoms with Crippen molar-refractivity contribution in [1.29, 1.82) is 0 Å². The Morgan fingerprint density at radius 1 is 1.11 bits per heavy atom. The zero-order valence-corrected chi connectivity index (χ0v) is 16.0. The van der Waals surface area contributed by atoms with Crippen LogP contribution in [0.5, 0.6) is 17.4 Å². The molecule has 2 heterocycles. The van der Waals surface area contributed by atoms with Crippen LogP contribution in [0.2, 0.25) is 0 Å². The molecule has 1 N–H and O–H groups in total. The van der Waals surface area contributed by atoms with E-state index in [1.54, 1.807) is 49.5 Å². The summed E-state index contributed by atoms with van der Waals surface area (Å²) in [6.07, 6.45) is 1.50. The van der Waals surface area contributed by atoms with Gasteiger partial charge in [0.1, 0.15) is 18.0 Å². The highest BCUT2D eigenvalue weighted by molar-refractivity contribution is 6.00. The lowest BCUT2D eigenvalue weighted by atomic mass is 10.2. The fraction of sp³-hybridized carbons (Fsp3) is 0.316. The van der Waals surface area contributed by atoms with Gasteiger partial charge in [0.25, 0.3) is 0 Å². The van der Waals surface area contributed by atoms with Crippen LogP contribution in [-0.4, -0.2) is 62.8 Å². The summed E-state index contributed by atoms with van der Waals surface area (Å²) < 4.78 is 15.6. The molecule has 0 bridgehead atoms. The third-order valence-corrected chi connectivity index (χ3v) is 4.34. The fourth-order valence-electron chi connectivity index (χ4n) is 2.91. The summed E-state index contributed by atoms with van der Waals surface area (Å²) in [5.41, 5.74) is 1.14. The van der Waals surface area contributed by atoms with Gasteiger partial charge in [0.15, 0.2) is 0 Å². The van der Waals surface area contributed by atoms with E-state index < -0.39 is 0 Å². The number of anilines is 2. The number of nitrogens with zero attached hydrogens (tertiary/aromatic N) is 3. The summed E-state index contributed by atoms with van der Waals surface area (Å²) in [4.78, 5) is 32.2. The monoisotopic (exact) mass is 386 g/mol. The summed E-state index contributed by atoms with van der Waals surface area (Å²) >= 11 is 0. The normalized spacial score (nSPS) is 13.5. The van der Waals surface area contributed by atoms with Gasteiger partial charge in [-0.05, 0) is 18.2 Å². The Morgan fingerprint density at radius 2 is 1.93 bits per heavy atom. The Bertz CT molecular complexity index is 856. The Labute approximate surface area is 162 Å². The molecule has 0 aliphatic carbocycles. The van der Waals surface area contributed by atoms with Gasteiger partial charge in [0.05, 0.1) is 38.9 Å². The number of urea groups is 1. The highest BCUT2D eigenvalue weighted by Crippen LogP contribution is 2.34. The van der Waals surface area contributed by atoms with E-state index in [0.717, 1.165) is 0 Å². The van der Waals surface area contributed by atoms with Gasteiger partial charge in [0, 0.05) is 25.2 Å². The van der Waals surface area contributed by atoms with Crippen molar-refractivity contribution in [3.8, 4) is 17.4 Å². The molecule has 0 saturated carbocycles. The zero-order chi connectivity index (χ0) is 20.1. The molecule has 1 aliphatic rings. The molecule has 0 unspecified atom stereocenters. The Balaban J connectivity index is 1.66. The summed E-state index contributed by atoms with van der Waals surface area (Å²) in [6, 6.07) is 8.30. The smallest absolute Gasteiger partial charge is 0.325 e. The van der Waals surface area contributed by atoms with Gasteiger partial charge in [0.2, 0.25) is 11.8 Å². The van der Waals surface area contributed by atoms with Crippen molar-refractivity contribution in [1.82, 2.24) is 9.88 Å². The van der Waals surface area contributed by atoms with Gasteiger partial charge < -0.3 is 24.4 Å². The SMILES string of the molecule is COc1ccc(OC)c(N2CCN(CC(=O)Nc3ccc(OC)nc3)C2=O)c1. The predicted molar refractivity (Wildman–Crippen MR) is 103 cm³/mol. The number of hydrogen-bond donors (Lipinski definition) is 1. The van der Waals surface area contributed by atoms with Crippen molar-refractivity contribution in [2.75, 3.05) is 51.2 Å². The molecule has 0 atom stereocenters. The van der Waals surface area contributed by atoms with Gasteiger partial charge in [-0.1, -0.05) is 0 Å². The van der Waals surface area contributed by atoms with Crippen molar-refractivity contribution in [3.63, 3.8) is 0 Å². The maximum absolute atomic E-state index is 12.8. The maximum Gasteiger partial charge on any atom is 0.325 e. The van der Waals surface area contributed by atoms with Crippen molar-refractivity contribution in [2.24, 2.45) is 0 Å². The quantitative estimate of drug-likeness (QED) is 0.782. The number of pyridine rings is 1. The van der Waals surface area contributed by atoms with Crippen molar-refractivity contribution >= 4 is 23.3 Å². The van der Waals surface area contributed by atoms with Crippen LogP contribution in [-0.2, 0) is 4.79 Å². The number of ether oxygens (including phenoxy) is 3. The standard InChI is InChI=1S/C19H22N4O5/c1-26-14-5-6-16(27-2)15(10-14)23-9-8-22(19(23)25)12-17(24)21-13-4-7-18(28-3)20-11-13/h4-7,10-11H,8-9,12H2,1-3H3,(H,21,24). The number of aromatic nitrogens is 1. The van der Waals surface area contributed by atoms with Crippen LogP contribution in [0, 0.1) is 0 Å². The van der Waals surface area contributed by atoms with E-state index in [9.17, 15) is 9.59 Å². The third kappa shape index (κ3) is 4.08. The van der Waals surface area contributed by atoms with E-state index in [2.05, 4.69) is 10.3 Å². The van der Waals surface area contributed by atoms with E-state index in [4.69, 9.17) is 14.2 Å². The minimum absolute atomic E-state index is 0.0619. The molecule has 3 rings (SSSR count). The first-order chi connectivity index (χ1) is 13.5. The van der Waals surface area contributed by atoms with E-state index in [-0.39, 0.29) is 18.5 Å². The average Bonchev–Trinajstić information content (AvgIpc) is 3.08. The second kappa shape index (κ2) is 8.47. The van der Waals surface area contributed by atoms with Crippen LogP contribution >= 0.6 is 0 Å². The largest absolute Gasteiger partial charge is 0.497 e. The van der Waals surface area contributed by atoms with Gasteiger partial charge in [-0.3, -0.25) is 9.69 Å². The van der Waals surface area contributed by atoms with Crippen LogP contribution in [0.15, 0.2) is 36.5 Å². The van der Waals surface area contributed by atoms with Gasteiger partial charge in [-0.15, -0.1) is 0 Å². The first-order valence-corrected chi connectivity index (χ1v) is 8.64. The van der Waals surface area contributed by atoms with Gasteiger partial charge in [-0.2, -0.15) is 0 Å². The number of methoxy groups -OCH3 is 3. The summed E-state index contributed by atoms with van der Waals surface area (Å²) in [5.74, 6) is 1.33. The van der Waals surface area contributed by atoms with Crippen molar-refractivity contribution in [2.45, 2.75) is 0 Å². The molecule has 1 fully saturated rings. The topological polar surface area (TPSA) is 93.2 Å². The Morgan fingerprint density at radius 3 is 2.57 bits per heavy atom. The minimum atomic E-state index is -0.306. The molecule has 0 spiro atoms. The number of carbonyl (C=O) groups excluding carboxylic acids is 2. The highest BCUT2D eigenvalue weighted by atomic mass is 16.5. The number of carbonyl (C=O) groups is 2. The Hall–Kier alpha value is -3.49. The third-order valence-electron chi connectivity index (χ3n) is 4.34. The van der Waals surface area contributed by atoms with Crippen molar-refractivity contribution in [3.05, 3.63) is 36.5 Å². The molecule has 1 aromatic heterocycles. The van der Waals surface area contributed by atoms with E-state index >= 15 is 0 Å². The lowest BCUT2D eigenvalue weighted by molar-refractivity contribution is -0.116. The molecule has 9 heteroatoms. The van der Waals surface area contributed by atoms with E-state index in [1.807, 2.05) is 0 Å². The molecule has 1 saturated heterocycles. The van der Waals surface area contributed by atoms with Gasteiger partial charge >= 0.3 is 6.03 Å². The molecule has 0 radical (unpaired) electrons. The first-order valence-electron chi connectivity index (χ1n) is 8.64. The van der Waals surface area contributed by atoms with Crippen LogP contribution in [0.4, 0.5) is 16.2 Å². The summed E-state index contributed by atoms with van der Waals surface area (Å²) in [5, 5.41) is 2.72. The number of hydrogen-bond acceptors (Lipinski definition) is 6. The lowest BCUT2D eigenvalue weighted by Crippen LogP contribution is -2.37. The second-order valence-electron chi connectivity index (χ2n) is 6.03. The molecule has 1 aromatic carbocycles. The van der Waals surface area contributed by atoms with Crippen molar-refractivity contribution < 1.29 is 23.8 Å². The molecular formula is C19H22N4O5. The summed E-state index contributed by atoms with van der Waals surface area (Å²) in [6.45, 7) is 0.806. The minimum Gasteiger partial charge on any atom is -0.497 e. The molecule has 2 aromatic rings. The lowest BCUT2D eigenvalue weighted by Gasteiger charge is -2.21. The number of nitrogens with one attached hydrogen (secondary N) is 1. The van der Waals surface area contributed by atoms with E-state index in [1.165, 1.54) is 18.2 Å². The number of benzene rings is 1. The molecule has 1 aliphatic heterocycles. The molecule has 3 amide bonds. The summed E-state index contributed by atoms with van der Waals surface area (Å²) in [7, 11) is 4.62. The highest BCUT2D eigenvalue weighted by Gasteiger charge is 2.32. The number of amides is 3. The number of rotatable bonds is 7. The average molecular weight is 386 g/mol. The predicted octanol–water partition coefficient (Wildman–Crippen LogP) is 1.99. The van der Waals surface area contributed by atoms with Crippen LogP contribution in [0.25, 0.3) is 0 Å². The van der Waals surface area contributed by atoms with Gasteiger partial charge in [-0.25, -0.2) is 9.78 Å². The first kappa shape index (κ1) is 19.3. The molecule has 28 heavy (non-hydrogen) atoms. The molecular weight excluding hydrogens is 364 g/mol. The maximum atomic E-state index is 12.8. The van der Waals surface area contributed by atoms with Crippen LogP contribution in [0.1, 0.15) is 0 Å². The molecule has 148 valence electrons. The molecule has 9 nitrogen and oxygen atoms in total. The fourth-order valence-corrected chi connectivity index (χ4v) is 2.91. The Kier molecular flexibility index (Phi) is 5.83. The van der Waals surface area contributed by atoms with E-state index in [0.29, 0.717) is 41.8 Å². The van der Waals surface area contributed by atoms with Crippen LogP contribution < -0.4 is 24.4 Å². The zero-order valence-electron chi connectivity index (χ0n) is 16.0. The van der Waals surface area contributed by atoms with Crippen LogP contribution in [0.3, 0.4) is 0 Å².